The molecule has 0 radical (unpaired) electrons. The second kappa shape index (κ2) is 2.02. The van der Waals surface area contributed by atoms with Gasteiger partial charge in [-0.3, -0.25) is 4.79 Å². The van der Waals surface area contributed by atoms with E-state index in [0.717, 1.165) is 0 Å². The number of carbonyl (C=O) groups excluding carboxylic acids is 1. The summed E-state index contributed by atoms with van der Waals surface area (Å²) < 4.78 is 0. The Morgan fingerprint density at radius 1 is 1.14 bits per heavy atom. The third kappa shape index (κ3) is 0.578. The molecule has 0 unspecified atom stereocenters. The van der Waals surface area contributed by atoms with Gasteiger partial charge in [-0.2, -0.15) is 0 Å². The van der Waals surface area contributed by atoms with Gasteiger partial charge in [0.15, 0.2) is 0 Å². The third-order valence-corrected chi connectivity index (χ3v) is 4.17. The summed E-state index contributed by atoms with van der Waals surface area (Å²) in [5, 5.41) is 3.04. The molecule has 1 aromatic carbocycles. The zero-order valence-corrected chi connectivity index (χ0v) is 7.73. The molecule has 2 heteroatoms. The standard InChI is InChI=1S/C12H11NO/c14-12-10-8-5-9(11(10)13-12)7-4-2-1-3-6(7)8/h1-4,8-11H,5H2,(H,13,14)/t8-,9+,10-,11-/m1/s1. The first-order chi connectivity index (χ1) is 6.86. The minimum Gasteiger partial charge on any atom is -0.352 e. The Kier molecular flexibility index (Phi) is 1.02. The van der Waals surface area contributed by atoms with Crippen molar-refractivity contribution in [1.29, 1.82) is 0 Å². The van der Waals surface area contributed by atoms with E-state index in [1.807, 2.05) is 0 Å². The zero-order chi connectivity index (χ0) is 9.28. The van der Waals surface area contributed by atoms with Crippen LogP contribution in [0.1, 0.15) is 29.4 Å². The Hall–Kier alpha value is -1.31. The maximum Gasteiger partial charge on any atom is 0.226 e. The highest BCUT2D eigenvalue weighted by atomic mass is 16.2. The summed E-state index contributed by atoms with van der Waals surface area (Å²) >= 11 is 0. The van der Waals surface area contributed by atoms with Crippen LogP contribution >= 0.6 is 0 Å². The van der Waals surface area contributed by atoms with Crippen LogP contribution in [0, 0.1) is 5.92 Å². The molecular weight excluding hydrogens is 174 g/mol. The molecule has 0 aromatic heterocycles. The highest BCUT2D eigenvalue weighted by Gasteiger charge is 2.59. The molecular formula is C12H11NO. The summed E-state index contributed by atoms with van der Waals surface area (Å²) in [4.78, 5) is 11.4. The van der Waals surface area contributed by atoms with E-state index < -0.39 is 0 Å². The topological polar surface area (TPSA) is 29.1 Å². The molecule has 4 rings (SSSR count). The van der Waals surface area contributed by atoms with E-state index in [2.05, 4.69) is 29.6 Å². The van der Waals surface area contributed by atoms with E-state index in [-0.39, 0.29) is 5.91 Å². The molecule has 1 heterocycles. The van der Waals surface area contributed by atoms with Crippen molar-refractivity contribution in [3.05, 3.63) is 35.4 Å². The Morgan fingerprint density at radius 2 is 1.86 bits per heavy atom. The highest BCUT2D eigenvalue weighted by molar-refractivity contribution is 5.89. The molecule has 2 nitrogen and oxygen atoms in total. The molecule has 0 spiro atoms. The molecule has 1 saturated carbocycles. The number of amides is 1. The van der Waals surface area contributed by atoms with Crippen molar-refractivity contribution in [2.24, 2.45) is 5.92 Å². The van der Waals surface area contributed by atoms with Crippen molar-refractivity contribution >= 4 is 5.91 Å². The van der Waals surface area contributed by atoms with Crippen LogP contribution < -0.4 is 5.32 Å². The predicted octanol–water partition coefficient (Wildman–Crippen LogP) is 1.39. The second-order valence-corrected chi connectivity index (χ2v) is 4.64. The van der Waals surface area contributed by atoms with Gasteiger partial charge in [0.2, 0.25) is 5.91 Å². The lowest BCUT2D eigenvalue weighted by Gasteiger charge is -2.40. The van der Waals surface area contributed by atoms with E-state index in [1.165, 1.54) is 17.5 Å². The fourth-order valence-corrected chi connectivity index (χ4v) is 3.59. The van der Waals surface area contributed by atoms with E-state index in [9.17, 15) is 4.79 Å². The molecule has 14 heavy (non-hydrogen) atoms. The van der Waals surface area contributed by atoms with Crippen LogP contribution in [0.3, 0.4) is 0 Å². The second-order valence-electron chi connectivity index (χ2n) is 4.64. The number of fused-ring (bicyclic) bond motifs is 8. The lowest BCUT2D eigenvalue weighted by Crippen LogP contribution is -2.59. The molecule has 1 N–H and O–H groups in total. The molecule has 1 saturated heterocycles. The maximum atomic E-state index is 11.4. The van der Waals surface area contributed by atoms with Crippen LogP contribution in [0.25, 0.3) is 0 Å². The quantitative estimate of drug-likeness (QED) is 0.608. The number of carbonyl (C=O) groups is 1. The smallest absolute Gasteiger partial charge is 0.226 e. The SMILES string of the molecule is O=C1N[C@H]2[C@H]1[C@@H]1C[C@H]2c2ccccc21. The summed E-state index contributed by atoms with van der Waals surface area (Å²) in [5.74, 6) is 1.71. The number of hydrogen-bond donors (Lipinski definition) is 1. The molecule has 1 amide bonds. The lowest BCUT2D eigenvalue weighted by molar-refractivity contribution is -0.134. The van der Waals surface area contributed by atoms with Gasteiger partial charge in [-0.15, -0.1) is 0 Å². The van der Waals surface area contributed by atoms with E-state index in [0.29, 0.717) is 23.8 Å². The molecule has 3 aliphatic rings. The van der Waals surface area contributed by atoms with Crippen molar-refractivity contribution in [2.45, 2.75) is 24.3 Å². The Balaban J connectivity index is 1.92. The van der Waals surface area contributed by atoms with Gasteiger partial charge in [0.1, 0.15) is 0 Å². The van der Waals surface area contributed by atoms with Crippen LogP contribution in [-0.4, -0.2) is 11.9 Å². The number of rotatable bonds is 0. The number of nitrogens with one attached hydrogen (secondary N) is 1. The van der Waals surface area contributed by atoms with Gasteiger partial charge < -0.3 is 5.32 Å². The fourth-order valence-electron chi connectivity index (χ4n) is 3.59. The van der Waals surface area contributed by atoms with Crippen LogP contribution in [0.4, 0.5) is 0 Å². The number of benzene rings is 1. The monoisotopic (exact) mass is 185 g/mol. The normalized spacial score (nSPS) is 41.3. The minimum absolute atomic E-state index is 0.275. The molecule has 2 fully saturated rings. The van der Waals surface area contributed by atoms with Gasteiger partial charge in [-0.05, 0) is 23.5 Å². The van der Waals surface area contributed by atoms with Crippen LogP contribution in [0.2, 0.25) is 0 Å². The minimum atomic E-state index is 0.275. The van der Waals surface area contributed by atoms with Crippen LogP contribution in [0.15, 0.2) is 24.3 Å². The average Bonchev–Trinajstić information content (AvgIpc) is 2.68. The fraction of sp³-hybridized carbons (Fsp3) is 0.417. The highest BCUT2D eigenvalue weighted by Crippen LogP contribution is 2.58. The summed E-state index contributed by atoms with van der Waals surface area (Å²) in [6, 6.07) is 9.07. The van der Waals surface area contributed by atoms with Gasteiger partial charge in [0.25, 0.3) is 0 Å². The first-order valence-corrected chi connectivity index (χ1v) is 5.25. The first-order valence-electron chi connectivity index (χ1n) is 5.25. The van der Waals surface area contributed by atoms with Gasteiger partial charge in [-0.25, -0.2) is 0 Å². The van der Waals surface area contributed by atoms with Crippen LogP contribution in [-0.2, 0) is 4.79 Å². The zero-order valence-electron chi connectivity index (χ0n) is 7.73. The molecule has 70 valence electrons. The van der Waals surface area contributed by atoms with Crippen LogP contribution in [0.5, 0.6) is 0 Å². The molecule has 4 atom stereocenters. The summed E-state index contributed by atoms with van der Waals surface area (Å²) in [6.07, 6.45) is 1.19. The average molecular weight is 185 g/mol. The van der Waals surface area contributed by atoms with Gasteiger partial charge in [0, 0.05) is 12.0 Å². The first kappa shape index (κ1) is 7.04. The van der Waals surface area contributed by atoms with Crippen molar-refractivity contribution in [1.82, 2.24) is 5.32 Å². The van der Waals surface area contributed by atoms with E-state index >= 15 is 0 Å². The van der Waals surface area contributed by atoms with Gasteiger partial charge in [0.05, 0.1) is 5.92 Å². The number of hydrogen-bond acceptors (Lipinski definition) is 1. The summed E-state index contributed by atoms with van der Waals surface area (Å²) in [6.45, 7) is 0. The summed E-state index contributed by atoms with van der Waals surface area (Å²) in [5.41, 5.74) is 2.92. The van der Waals surface area contributed by atoms with Crippen molar-refractivity contribution in [3.63, 3.8) is 0 Å². The van der Waals surface area contributed by atoms with Gasteiger partial charge in [-0.1, -0.05) is 24.3 Å². The Bertz CT molecular complexity index is 440. The maximum absolute atomic E-state index is 11.4. The Labute approximate surface area is 82.3 Å². The Morgan fingerprint density at radius 3 is 2.57 bits per heavy atom. The van der Waals surface area contributed by atoms with Crippen molar-refractivity contribution in [2.75, 3.05) is 0 Å². The van der Waals surface area contributed by atoms with E-state index in [4.69, 9.17) is 0 Å². The van der Waals surface area contributed by atoms with Gasteiger partial charge >= 0.3 is 0 Å². The van der Waals surface area contributed by atoms with E-state index in [1.54, 1.807) is 0 Å². The largest absolute Gasteiger partial charge is 0.352 e. The molecule has 1 aromatic rings. The van der Waals surface area contributed by atoms with Crippen molar-refractivity contribution < 1.29 is 4.79 Å². The molecule has 2 aliphatic carbocycles. The third-order valence-electron chi connectivity index (χ3n) is 4.17. The molecule has 2 bridgehead atoms. The summed E-state index contributed by atoms with van der Waals surface area (Å²) in [7, 11) is 0. The number of β-lactam (4-membered cyclic amide) rings is 1. The lowest BCUT2D eigenvalue weighted by atomic mass is 9.75. The van der Waals surface area contributed by atoms with Crippen molar-refractivity contribution in [3.8, 4) is 0 Å². The predicted molar refractivity (Wildman–Crippen MR) is 52.0 cm³/mol. The molecule has 1 aliphatic heterocycles.